The van der Waals surface area contributed by atoms with Crippen molar-refractivity contribution in [1.82, 2.24) is 5.32 Å². The van der Waals surface area contributed by atoms with Crippen LogP contribution in [0.15, 0.2) is 66.7 Å². The number of anilines is 1. The Hall–Kier alpha value is -3.60. The Morgan fingerprint density at radius 2 is 1.83 bits per heavy atom. The first-order valence-electron chi connectivity index (χ1n) is 9.98. The summed E-state index contributed by atoms with van der Waals surface area (Å²) in [5.41, 5.74) is 4.93. The molecule has 3 aromatic rings. The predicted octanol–water partition coefficient (Wildman–Crippen LogP) is 4.14. The molecule has 1 heterocycles. The lowest BCUT2D eigenvalue weighted by Gasteiger charge is -2.16. The highest BCUT2D eigenvalue weighted by Gasteiger charge is 2.32. The molecule has 0 spiro atoms. The molecule has 0 atom stereocenters. The summed E-state index contributed by atoms with van der Waals surface area (Å²) in [6.45, 7) is 3.02. The van der Waals surface area contributed by atoms with Crippen LogP contribution in [0.4, 0.5) is 5.69 Å². The molecule has 1 N–H and O–H groups in total. The lowest BCUT2D eigenvalue weighted by Crippen LogP contribution is -2.29. The van der Waals surface area contributed by atoms with Gasteiger partial charge in [0.25, 0.3) is 11.8 Å². The monoisotopic (exact) mass is 400 g/mol. The maximum Gasteiger partial charge on any atom is 0.259 e. The zero-order chi connectivity index (χ0) is 21.1. The topological polar surface area (TPSA) is 58.6 Å². The molecule has 0 saturated heterocycles. The van der Waals surface area contributed by atoms with Crippen molar-refractivity contribution in [3.05, 3.63) is 94.5 Å². The average molecular weight is 400 g/mol. The number of nitrogens with zero attached hydrogens (tertiary/aromatic N) is 1. The number of aryl methyl sites for hydroxylation is 1. The second-order valence-corrected chi connectivity index (χ2v) is 7.42. The fraction of sp³-hybridized carbons (Fsp3) is 0.200. The van der Waals surface area contributed by atoms with Gasteiger partial charge in [-0.2, -0.15) is 0 Å². The molecule has 30 heavy (non-hydrogen) atoms. The molecule has 1 aliphatic rings. The number of methoxy groups -OCH3 is 1. The van der Waals surface area contributed by atoms with Crippen molar-refractivity contribution in [2.45, 2.75) is 19.9 Å². The minimum Gasteiger partial charge on any atom is -0.497 e. The van der Waals surface area contributed by atoms with Gasteiger partial charge in [-0.05, 0) is 54.8 Å². The van der Waals surface area contributed by atoms with Crippen LogP contribution in [0.2, 0.25) is 0 Å². The molecule has 5 heteroatoms. The van der Waals surface area contributed by atoms with Crippen molar-refractivity contribution in [1.29, 1.82) is 0 Å². The van der Waals surface area contributed by atoms with Gasteiger partial charge >= 0.3 is 0 Å². The van der Waals surface area contributed by atoms with Crippen molar-refractivity contribution >= 4 is 17.5 Å². The number of benzene rings is 3. The van der Waals surface area contributed by atoms with Crippen molar-refractivity contribution in [2.24, 2.45) is 0 Å². The van der Waals surface area contributed by atoms with E-state index in [-0.39, 0.29) is 11.8 Å². The average Bonchev–Trinajstić information content (AvgIpc) is 3.10. The minimum absolute atomic E-state index is 0.153. The van der Waals surface area contributed by atoms with Crippen LogP contribution < -0.4 is 15.0 Å². The Morgan fingerprint density at radius 1 is 1.07 bits per heavy atom. The molecule has 3 aromatic carbocycles. The molecule has 0 aliphatic carbocycles. The lowest BCUT2D eigenvalue weighted by molar-refractivity contribution is 0.0937. The summed E-state index contributed by atoms with van der Waals surface area (Å²) in [6, 6.07) is 21.0. The van der Waals surface area contributed by atoms with Gasteiger partial charge in [0.2, 0.25) is 0 Å². The Labute approximate surface area is 176 Å². The van der Waals surface area contributed by atoms with Crippen molar-refractivity contribution in [2.75, 3.05) is 18.6 Å². The zero-order valence-electron chi connectivity index (χ0n) is 17.1. The normalized spacial score (nSPS) is 12.6. The third-order valence-corrected chi connectivity index (χ3v) is 5.35. The predicted molar refractivity (Wildman–Crippen MR) is 117 cm³/mol. The molecule has 152 valence electrons. The summed E-state index contributed by atoms with van der Waals surface area (Å²) in [5, 5.41) is 2.96. The van der Waals surface area contributed by atoms with E-state index < -0.39 is 0 Å². The third-order valence-electron chi connectivity index (χ3n) is 5.35. The second-order valence-electron chi connectivity index (χ2n) is 7.42. The smallest absolute Gasteiger partial charge is 0.259 e. The number of hydrogen-bond donors (Lipinski definition) is 1. The maximum absolute atomic E-state index is 13.1. The minimum atomic E-state index is -0.218. The number of amides is 2. The van der Waals surface area contributed by atoms with Gasteiger partial charge in [-0.3, -0.25) is 9.59 Å². The van der Waals surface area contributed by atoms with E-state index in [0.29, 0.717) is 24.2 Å². The highest BCUT2D eigenvalue weighted by molar-refractivity contribution is 6.16. The molecule has 1 aliphatic heterocycles. The van der Waals surface area contributed by atoms with Gasteiger partial charge in [0.15, 0.2) is 0 Å². The lowest BCUT2D eigenvalue weighted by atomic mass is 10.0. The summed E-state index contributed by atoms with van der Waals surface area (Å²) < 4.78 is 5.19. The molecule has 2 amide bonds. The van der Waals surface area contributed by atoms with Crippen LogP contribution in [-0.2, 0) is 13.0 Å². The highest BCUT2D eigenvalue weighted by Crippen LogP contribution is 2.31. The summed E-state index contributed by atoms with van der Waals surface area (Å²) in [7, 11) is 1.61. The quantitative estimate of drug-likeness (QED) is 0.677. The number of carbonyl (C=O) groups is 2. The first-order chi connectivity index (χ1) is 14.6. The van der Waals surface area contributed by atoms with Gasteiger partial charge < -0.3 is 15.0 Å². The van der Waals surface area contributed by atoms with Gasteiger partial charge in [0.05, 0.1) is 24.8 Å². The van der Waals surface area contributed by atoms with Crippen LogP contribution >= 0.6 is 0 Å². The largest absolute Gasteiger partial charge is 0.497 e. The second kappa shape index (κ2) is 8.41. The van der Waals surface area contributed by atoms with E-state index in [9.17, 15) is 9.59 Å². The van der Waals surface area contributed by atoms with E-state index in [4.69, 9.17) is 4.74 Å². The molecular formula is C25H24N2O3. The molecule has 0 bridgehead atoms. The zero-order valence-corrected chi connectivity index (χ0v) is 17.1. The van der Waals surface area contributed by atoms with Crippen molar-refractivity contribution in [3.8, 4) is 5.75 Å². The fourth-order valence-corrected chi connectivity index (χ4v) is 3.80. The fourth-order valence-electron chi connectivity index (χ4n) is 3.80. The number of carbonyl (C=O) groups excluding carboxylic acids is 2. The van der Waals surface area contributed by atoms with Crippen molar-refractivity contribution in [3.63, 3.8) is 0 Å². The first-order valence-corrected chi connectivity index (χ1v) is 9.98. The van der Waals surface area contributed by atoms with Gasteiger partial charge in [-0.1, -0.05) is 42.0 Å². The van der Waals surface area contributed by atoms with Crippen LogP contribution in [0.25, 0.3) is 0 Å². The van der Waals surface area contributed by atoms with Crippen LogP contribution in [-0.4, -0.2) is 25.5 Å². The number of rotatable bonds is 6. The van der Waals surface area contributed by atoms with Crippen LogP contribution in [0, 0.1) is 6.92 Å². The molecule has 0 unspecified atom stereocenters. The Bertz CT molecular complexity index is 1090. The summed E-state index contributed by atoms with van der Waals surface area (Å²) in [5.74, 6) is 0.362. The molecule has 0 saturated carbocycles. The van der Waals surface area contributed by atoms with E-state index in [2.05, 4.69) is 30.4 Å². The molecule has 0 fully saturated rings. The summed E-state index contributed by atoms with van der Waals surface area (Å²) in [6.07, 6.45) is 0.744. The standard InChI is InChI=1S/C25H24N2O3/c1-17-5-3-6-18(15-17)13-14-26-24(28)22-8-4-7-19-16-27(25(29)23(19)22)20-9-11-21(30-2)12-10-20/h3-12,15H,13-14,16H2,1-2H3,(H,26,28). The molecule has 0 aromatic heterocycles. The number of fused-ring (bicyclic) bond motifs is 1. The van der Waals surface area contributed by atoms with Gasteiger partial charge in [-0.25, -0.2) is 0 Å². The van der Waals surface area contributed by atoms with E-state index >= 15 is 0 Å². The highest BCUT2D eigenvalue weighted by atomic mass is 16.5. The maximum atomic E-state index is 13.1. The molecule has 5 nitrogen and oxygen atoms in total. The Kier molecular flexibility index (Phi) is 5.53. The van der Waals surface area contributed by atoms with E-state index in [1.54, 1.807) is 18.1 Å². The van der Waals surface area contributed by atoms with Crippen LogP contribution in [0.3, 0.4) is 0 Å². The first kappa shape index (κ1) is 19.7. The third kappa shape index (κ3) is 3.92. The Morgan fingerprint density at radius 3 is 2.57 bits per heavy atom. The number of hydrogen-bond acceptors (Lipinski definition) is 3. The van der Waals surface area contributed by atoms with Gasteiger partial charge in [0.1, 0.15) is 5.75 Å². The van der Waals surface area contributed by atoms with Crippen molar-refractivity contribution < 1.29 is 14.3 Å². The van der Waals surface area contributed by atoms with E-state index in [1.807, 2.05) is 42.5 Å². The van der Waals surface area contributed by atoms with E-state index in [1.165, 1.54) is 11.1 Å². The van der Waals surface area contributed by atoms with Crippen LogP contribution in [0.1, 0.15) is 37.4 Å². The van der Waals surface area contributed by atoms with Gasteiger partial charge in [-0.15, -0.1) is 0 Å². The molecule has 0 radical (unpaired) electrons. The van der Waals surface area contributed by atoms with E-state index in [0.717, 1.165) is 23.4 Å². The number of ether oxygens (including phenoxy) is 1. The SMILES string of the molecule is COc1ccc(N2Cc3cccc(C(=O)NCCc4cccc(C)c4)c3C2=O)cc1. The summed E-state index contributed by atoms with van der Waals surface area (Å²) >= 11 is 0. The summed E-state index contributed by atoms with van der Waals surface area (Å²) in [4.78, 5) is 27.6. The Balaban J connectivity index is 1.48. The molecule has 4 rings (SSSR count). The number of nitrogens with one attached hydrogen (secondary N) is 1. The van der Waals surface area contributed by atoms with Gasteiger partial charge in [0, 0.05) is 12.2 Å². The van der Waals surface area contributed by atoms with Crippen LogP contribution in [0.5, 0.6) is 5.75 Å². The molecular weight excluding hydrogens is 376 g/mol.